The first kappa shape index (κ1) is 15.2. The first-order chi connectivity index (χ1) is 8.43. The van der Waals surface area contributed by atoms with Gasteiger partial charge in [-0.3, -0.25) is 4.79 Å². The molecule has 1 rings (SSSR count). The minimum Gasteiger partial charge on any atom is -0.466 e. The molecule has 100 valence electrons. The van der Waals surface area contributed by atoms with Crippen LogP contribution in [-0.2, 0) is 15.1 Å². The summed E-state index contributed by atoms with van der Waals surface area (Å²) < 4.78 is 5.95. The van der Waals surface area contributed by atoms with Gasteiger partial charge in [-0.2, -0.15) is 0 Å². The molecule has 1 aromatic rings. The number of carbonyl (C=O) groups is 1. The Morgan fingerprint density at radius 1 is 1.39 bits per heavy atom. The summed E-state index contributed by atoms with van der Waals surface area (Å²) in [5, 5.41) is 10.6. The van der Waals surface area contributed by atoms with E-state index in [1.807, 2.05) is 31.2 Å². The quantitative estimate of drug-likeness (QED) is 0.849. The van der Waals surface area contributed by atoms with Crippen molar-refractivity contribution in [3.63, 3.8) is 0 Å². The van der Waals surface area contributed by atoms with E-state index in [4.69, 9.17) is 4.74 Å². The van der Waals surface area contributed by atoms with Crippen LogP contribution in [0.15, 0.2) is 28.7 Å². The fourth-order valence-electron chi connectivity index (χ4n) is 2.02. The molecule has 0 saturated heterocycles. The molecular weight excluding hydrogens is 296 g/mol. The number of carbonyl (C=O) groups excluding carboxylic acids is 1. The molecule has 0 aliphatic heterocycles. The number of aliphatic hydroxyl groups is 1. The number of rotatable bonds is 5. The van der Waals surface area contributed by atoms with E-state index in [0.717, 1.165) is 4.47 Å². The van der Waals surface area contributed by atoms with Gasteiger partial charge in [-0.15, -0.1) is 0 Å². The summed E-state index contributed by atoms with van der Waals surface area (Å²) in [4.78, 5) is 11.9. The largest absolute Gasteiger partial charge is 0.466 e. The van der Waals surface area contributed by atoms with Crippen LogP contribution in [0.25, 0.3) is 0 Å². The van der Waals surface area contributed by atoms with Gasteiger partial charge in [0.1, 0.15) is 5.60 Å². The van der Waals surface area contributed by atoms with Crippen LogP contribution >= 0.6 is 15.9 Å². The Balaban J connectivity index is 3.01. The molecule has 1 aromatic carbocycles. The maximum absolute atomic E-state index is 11.9. The second-order valence-electron chi connectivity index (χ2n) is 4.37. The molecule has 0 heterocycles. The Morgan fingerprint density at radius 2 is 1.94 bits per heavy atom. The minimum atomic E-state index is -1.22. The molecule has 0 aliphatic carbocycles. The van der Waals surface area contributed by atoms with Gasteiger partial charge in [-0.05, 0) is 38.0 Å². The number of hydrogen-bond donors (Lipinski definition) is 1. The average molecular weight is 315 g/mol. The topological polar surface area (TPSA) is 46.5 Å². The summed E-state index contributed by atoms with van der Waals surface area (Å²) in [7, 11) is 0. The molecule has 0 spiro atoms. The van der Waals surface area contributed by atoms with Crippen molar-refractivity contribution >= 4 is 21.9 Å². The molecule has 2 unspecified atom stereocenters. The van der Waals surface area contributed by atoms with Crippen LogP contribution in [0.4, 0.5) is 0 Å². The summed E-state index contributed by atoms with van der Waals surface area (Å²) in [6, 6.07) is 7.32. The number of halogens is 1. The van der Waals surface area contributed by atoms with Crippen LogP contribution in [0.2, 0.25) is 0 Å². The molecular formula is C14H19BrO3. The second-order valence-corrected chi connectivity index (χ2v) is 5.28. The van der Waals surface area contributed by atoms with E-state index in [2.05, 4.69) is 15.9 Å². The van der Waals surface area contributed by atoms with E-state index in [1.54, 1.807) is 13.8 Å². The molecule has 0 bridgehead atoms. The van der Waals surface area contributed by atoms with Crippen LogP contribution in [0.5, 0.6) is 0 Å². The van der Waals surface area contributed by atoms with Gasteiger partial charge in [0, 0.05) is 4.47 Å². The Kier molecular flexibility index (Phi) is 5.35. The third-order valence-electron chi connectivity index (χ3n) is 3.09. The Hall–Kier alpha value is -0.870. The molecule has 0 aromatic heterocycles. The van der Waals surface area contributed by atoms with Crippen molar-refractivity contribution in [2.75, 3.05) is 6.61 Å². The summed E-state index contributed by atoms with van der Waals surface area (Å²) in [5.74, 6) is -0.911. The number of ether oxygens (including phenoxy) is 1. The number of esters is 1. The van der Waals surface area contributed by atoms with Crippen LogP contribution in [0, 0.1) is 5.92 Å². The van der Waals surface area contributed by atoms with Crippen molar-refractivity contribution in [3.05, 3.63) is 34.3 Å². The highest BCUT2D eigenvalue weighted by molar-refractivity contribution is 9.10. The zero-order chi connectivity index (χ0) is 13.8. The van der Waals surface area contributed by atoms with Crippen molar-refractivity contribution in [1.82, 2.24) is 0 Å². The van der Waals surface area contributed by atoms with Gasteiger partial charge in [-0.1, -0.05) is 35.0 Å². The molecule has 4 heteroatoms. The highest BCUT2D eigenvalue weighted by atomic mass is 79.9. The standard InChI is InChI=1S/C14H19BrO3/c1-4-12(13(16)18-5-2)14(3,17)10-6-8-11(15)9-7-10/h6-9,12,17H,4-5H2,1-3H3. The van der Waals surface area contributed by atoms with Crippen molar-refractivity contribution in [1.29, 1.82) is 0 Å². The molecule has 0 aliphatic rings. The van der Waals surface area contributed by atoms with Crippen molar-refractivity contribution < 1.29 is 14.6 Å². The predicted molar refractivity (Wildman–Crippen MR) is 74.1 cm³/mol. The number of hydrogen-bond acceptors (Lipinski definition) is 3. The van der Waals surface area contributed by atoms with Gasteiger partial charge in [0.05, 0.1) is 12.5 Å². The smallest absolute Gasteiger partial charge is 0.312 e. The Morgan fingerprint density at radius 3 is 2.39 bits per heavy atom. The molecule has 0 saturated carbocycles. The summed E-state index contributed by atoms with van der Waals surface area (Å²) in [5.41, 5.74) is -0.507. The van der Waals surface area contributed by atoms with Gasteiger partial charge >= 0.3 is 5.97 Å². The molecule has 3 nitrogen and oxygen atoms in total. The lowest BCUT2D eigenvalue weighted by Crippen LogP contribution is -2.38. The summed E-state index contributed by atoms with van der Waals surface area (Å²) in [6.07, 6.45) is 0.530. The minimum absolute atomic E-state index is 0.325. The average Bonchev–Trinajstić information content (AvgIpc) is 2.30. The SMILES string of the molecule is CCOC(=O)C(CC)C(C)(O)c1ccc(Br)cc1. The highest BCUT2D eigenvalue weighted by Gasteiger charge is 2.38. The van der Waals surface area contributed by atoms with Gasteiger partial charge in [0.2, 0.25) is 0 Å². The van der Waals surface area contributed by atoms with Crippen LogP contribution in [0.3, 0.4) is 0 Å². The first-order valence-electron chi connectivity index (χ1n) is 6.08. The normalized spacial score (nSPS) is 15.8. The van der Waals surface area contributed by atoms with Crippen LogP contribution < -0.4 is 0 Å². The fourth-order valence-corrected chi connectivity index (χ4v) is 2.29. The van der Waals surface area contributed by atoms with E-state index < -0.39 is 11.5 Å². The number of benzene rings is 1. The van der Waals surface area contributed by atoms with Gasteiger partial charge in [0.15, 0.2) is 0 Å². The Labute approximate surface area is 116 Å². The highest BCUT2D eigenvalue weighted by Crippen LogP contribution is 2.33. The molecule has 0 fully saturated rings. The summed E-state index contributed by atoms with van der Waals surface area (Å²) in [6.45, 7) is 5.61. The third kappa shape index (κ3) is 3.33. The predicted octanol–water partition coefficient (Wildman–Crippen LogP) is 3.25. The van der Waals surface area contributed by atoms with Gasteiger partial charge < -0.3 is 9.84 Å². The lowest BCUT2D eigenvalue weighted by atomic mass is 9.81. The molecule has 0 amide bonds. The Bertz CT molecular complexity index is 398. The van der Waals surface area contributed by atoms with E-state index in [-0.39, 0.29) is 5.97 Å². The molecule has 0 radical (unpaired) electrons. The van der Waals surface area contributed by atoms with E-state index in [1.165, 1.54) is 0 Å². The van der Waals surface area contributed by atoms with Crippen LogP contribution in [0.1, 0.15) is 32.8 Å². The van der Waals surface area contributed by atoms with Crippen molar-refractivity contribution in [3.8, 4) is 0 Å². The van der Waals surface area contributed by atoms with Crippen molar-refractivity contribution in [2.45, 2.75) is 32.8 Å². The van der Waals surface area contributed by atoms with Gasteiger partial charge in [0.25, 0.3) is 0 Å². The van der Waals surface area contributed by atoms with E-state index >= 15 is 0 Å². The van der Waals surface area contributed by atoms with E-state index in [9.17, 15) is 9.90 Å². The lowest BCUT2D eigenvalue weighted by Gasteiger charge is -2.31. The third-order valence-corrected chi connectivity index (χ3v) is 3.62. The molecule has 18 heavy (non-hydrogen) atoms. The lowest BCUT2D eigenvalue weighted by molar-refractivity contribution is -0.158. The fraction of sp³-hybridized carbons (Fsp3) is 0.500. The molecule has 1 N–H and O–H groups in total. The monoisotopic (exact) mass is 314 g/mol. The first-order valence-corrected chi connectivity index (χ1v) is 6.87. The maximum Gasteiger partial charge on any atom is 0.312 e. The zero-order valence-corrected chi connectivity index (χ0v) is 12.5. The molecule has 2 atom stereocenters. The second kappa shape index (κ2) is 6.34. The maximum atomic E-state index is 11.9. The van der Waals surface area contributed by atoms with E-state index in [0.29, 0.717) is 18.6 Å². The van der Waals surface area contributed by atoms with Crippen LogP contribution in [-0.4, -0.2) is 17.7 Å². The van der Waals surface area contributed by atoms with Gasteiger partial charge in [-0.25, -0.2) is 0 Å². The van der Waals surface area contributed by atoms with Crippen molar-refractivity contribution in [2.24, 2.45) is 5.92 Å². The zero-order valence-electron chi connectivity index (χ0n) is 10.9. The summed E-state index contributed by atoms with van der Waals surface area (Å²) >= 11 is 3.35.